The second-order valence-electron chi connectivity index (χ2n) is 6.22. The Hall–Kier alpha value is -3.06. The number of benzene rings is 2. The molecule has 1 aromatic heterocycles. The number of alkyl halides is 6. The van der Waals surface area contributed by atoms with Crippen LogP contribution in [0.3, 0.4) is 0 Å². The minimum Gasteiger partial charge on any atom is -0.322 e. The lowest BCUT2D eigenvalue weighted by Gasteiger charge is -2.13. The van der Waals surface area contributed by atoms with E-state index in [1.165, 1.54) is 24.3 Å². The van der Waals surface area contributed by atoms with Gasteiger partial charge in [0.25, 0.3) is 15.7 Å². The van der Waals surface area contributed by atoms with Crippen LogP contribution in [0.2, 0.25) is 5.02 Å². The van der Waals surface area contributed by atoms with Crippen LogP contribution < -0.4 is 5.32 Å². The van der Waals surface area contributed by atoms with E-state index in [4.69, 9.17) is 11.6 Å². The van der Waals surface area contributed by atoms with Crippen molar-refractivity contribution in [2.24, 2.45) is 0 Å². The van der Waals surface area contributed by atoms with Gasteiger partial charge >= 0.3 is 11.7 Å². The lowest BCUT2D eigenvalue weighted by atomic mass is 10.2. The van der Waals surface area contributed by atoms with Gasteiger partial charge in [0.15, 0.2) is 5.69 Å². The third-order valence-corrected chi connectivity index (χ3v) is 5.80. The first-order chi connectivity index (χ1) is 14.7. The van der Waals surface area contributed by atoms with Crippen molar-refractivity contribution in [2.45, 2.75) is 16.6 Å². The van der Waals surface area contributed by atoms with E-state index in [0.717, 1.165) is 12.1 Å². The third-order valence-electron chi connectivity index (χ3n) is 4.06. The fourth-order valence-electron chi connectivity index (χ4n) is 2.64. The predicted octanol–water partition coefficient (Wildman–Crippen LogP) is 5.09. The highest BCUT2D eigenvalue weighted by Crippen LogP contribution is 2.35. The van der Waals surface area contributed by atoms with Crippen LogP contribution in [0.5, 0.6) is 0 Å². The molecule has 1 N–H and O–H groups in total. The highest BCUT2D eigenvalue weighted by Gasteiger charge is 2.47. The largest absolute Gasteiger partial charge is 0.501 e. The van der Waals surface area contributed by atoms with E-state index in [1.54, 1.807) is 0 Å². The van der Waals surface area contributed by atoms with Crippen molar-refractivity contribution in [1.82, 2.24) is 9.78 Å². The summed E-state index contributed by atoms with van der Waals surface area (Å²) in [5, 5.41) is 5.80. The van der Waals surface area contributed by atoms with Gasteiger partial charge in [-0.15, -0.1) is 0 Å². The average molecular weight is 498 g/mol. The van der Waals surface area contributed by atoms with Crippen LogP contribution in [0, 0.1) is 0 Å². The maximum absolute atomic E-state index is 13.7. The zero-order valence-electron chi connectivity index (χ0n) is 15.4. The average Bonchev–Trinajstić information content (AvgIpc) is 3.14. The molecule has 0 unspecified atom stereocenters. The highest BCUT2D eigenvalue weighted by molar-refractivity contribution is 7.92. The number of rotatable bonds is 4. The maximum atomic E-state index is 13.7. The van der Waals surface area contributed by atoms with E-state index >= 15 is 0 Å². The van der Waals surface area contributed by atoms with E-state index < -0.39 is 49.3 Å². The lowest BCUT2D eigenvalue weighted by molar-refractivity contribution is -0.143. The van der Waals surface area contributed by atoms with Gasteiger partial charge in [0, 0.05) is 10.7 Å². The smallest absolute Gasteiger partial charge is 0.322 e. The van der Waals surface area contributed by atoms with Gasteiger partial charge in [-0.25, -0.2) is 13.1 Å². The summed E-state index contributed by atoms with van der Waals surface area (Å²) in [7, 11) is -5.72. The molecule has 0 saturated heterocycles. The van der Waals surface area contributed by atoms with Crippen molar-refractivity contribution in [3.05, 3.63) is 71.0 Å². The first-order valence-corrected chi connectivity index (χ1v) is 10.2. The van der Waals surface area contributed by atoms with Crippen LogP contribution in [0.4, 0.5) is 32.0 Å². The van der Waals surface area contributed by atoms with Gasteiger partial charge in [-0.2, -0.15) is 31.4 Å². The molecule has 0 saturated carbocycles. The van der Waals surface area contributed by atoms with E-state index in [9.17, 15) is 39.6 Å². The molecule has 0 aliphatic rings. The van der Waals surface area contributed by atoms with Gasteiger partial charge in [0.1, 0.15) is 0 Å². The lowest BCUT2D eigenvalue weighted by Crippen LogP contribution is -2.23. The normalized spacial score (nSPS) is 12.6. The van der Waals surface area contributed by atoms with Crippen molar-refractivity contribution in [1.29, 1.82) is 0 Å². The summed E-state index contributed by atoms with van der Waals surface area (Å²) in [6, 6.07) is 8.13. The minimum atomic E-state index is -5.72. The fraction of sp³-hybridized carbons (Fsp3) is 0.111. The Kier molecular flexibility index (Phi) is 6.00. The molecule has 0 fully saturated rings. The summed E-state index contributed by atoms with van der Waals surface area (Å²) in [6.45, 7) is 0. The highest BCUT2D eigenvalue weighted by atomic mass is 35.5. The molecule has 0 aliphatic carbocycles. The fourth-order valence-corrected chi connectivity index (χ4v) is 3.57. The second-order valence-corrected chi connectivity index (χ2v) is 8.60. The topological polar surface area (TPSA) is 81.1 Å². The van der Waals surface area contributed by atoms with Crippen molar-refractivity contribution in [2.75, 3.05) is 5.32 Å². The SMILES string of the molecule is O=C(Nc1cccc(S(=O)(=O)C(F)(F)F)c1)c1cnn(-c2ccc(Cl)cc2)c1C(F)(F)F. The van der Waals surface area contributed by atoms with E-state index in [1.807, 2.05) is 5.32 Å². The van der Waals surface area contributed by atoms with Crippen molar-refractivity contribution < 1.29 is 39.6 Å². The molecule has 3 rings (SSSR count). The molecular formula is C18H10ClF6N3O3S. The molecule has 14 heteroatoms. The van der Waals surface area contributed by atoms with Gasteiger partial charge in [-0.1, -0.05) is 17.7 Å². The number of sulfone groups is 1. The molecule has 1 heterocycles. The summed E-state index contributed by atoms with van der Waals surface area (Å²) in [4.78, 5) is 11.3. The van der Waals surface area contributed by atoms with Crippen LogP contribution in [0.15, 0.2) is 59.6 Å². The van der Waals surface area contributed by atoms with Crippen LogP contribution in [-0.4, -0.2) is 29.6 Å². The minimum absolute atomic E-state index is 0.0564. The molecule has 2 aromatic carbocycles. The zero-order chi connectivity index (χ0) is 23.9. The van der Waals surface area contributed by atoms with Crippen LogP contribution >= 0.6 is 11.6 Å². The standard InChI is InChI=1S/C18H10ClF6N3O3S/c19-10-4-6-12(7-5-10)28-15(17(20,21)22)14(9-26-28)16(29)27-11-2-1-3-13(8-11)32(30,31)18(23,24)25/h1-9H,(H,27,29). The zero-order valence-corrected chi connectivity index (χ0v) is 16.9. The number of carbonyl (C=O) groups excluding carboxylic acids is 1. The van der Waals surface area contributed by atoms with Crippen LogP contribution in [0.1, 0.15) is 16.1 Å². The third kappa shape index (κ3) is 4.58. The number of anilines is 1. The Balaban J connectivity index is 1.99. The first-order valence-electron chi connectivity index (χ1n) is 8.36. The molecule has 32 heavy (non-hydrogen) atoms. The van der Waals surface area contributed by atoms with Crippen molar-refractivity contribution in [3.63, 3.8) is 0 Å². The van der Waals surface area contributed by atoms with Gasteiger partial charge in [-0.05, 0) is 42.5 Å². The number of carbonyl (C=O) groups is 1. The number of hydrogen-bond donors (Lipinski definition) is 1. The number of halogens is 7. The van der Waals surface area contributed by atoms with Gasteiger partial charge in [0.2, 0.25) is 0 Å². The molecule has 170 valence electrons. The van der Waals surface area contributed by atoms with Crippen LogP contribution in [0.25, 0.3) is 5.69 Å². The second kappa shape index (κ2) is 8.13. The van der Waals surface area contributed by atoms with E-state index in [0.29, 0.717) is 23.0 Å². The van der Waals surface area contributed by atoms with Gasteiger partial charge in [0.05, 0.1) is 22.3 Å². The summed E-state index contributed by atoms with van der Waals surface area (Å²) in [5.41, 5.74) is -8.50. The molecule has 0 aliphatic heterocycles. The maximum Gasteiger partial charge on any atom is 0.501 e. The van der Waals surface area contributed by atoms with E-state index in [2.05, 4.69) is 5.10 Å². The number of aromatic nitrogens is 2. The van der Waals surface area contributed by atoms with Crippen molar-refractivity contribution in [3.8, 4) is 5.69 Å². The molecular weight excluding hydrogens is 488 g/mol. The Morgan fingerprint density at radius 2 is 1.62 bits per heavy atom. The molecule has 0 atom stereocenters. The summed E-state index contributed by atoms with van der Waals surface area (Å²) in [5.74, 6) is -1.36. The number of nitrogens with one attached hydrogen (secondary N) is 1. The summed E-state index contributed by atoms with van der Waals surface area (Å²) < 4.78 is 103. The first kappa shape index (κ1) is 23.6. The molecule has 0 spiro atoms. The summed E-state index contributed by atoms with van der Waals surface area (Å²) in [6.07, 6.45) is -4.41. The van der Waals surface area contributed by atoms with E-state index in [-0.39, 0.29) is 10.7 Å². The predicted molar refractivity (Wildman–Crippen MR) is 101 cm³/mol. The molecule has 3 aromatic rings. The summed E-state index contributed by atoms with van der Waals surface area (Å²) >= 11 is 5.72. The molecule has 1 amide bonds. The quantitative estimate of drug-likeness (QED) is 0.509. The van der Waals surface area contributed by atoms with Gasteiger partial charge in [-0.3, -0.25) is 4.79 Å². The van der Waals surface area contributed by atoms with Gasteiger partial charge < -0.3 is 5.32 Å². The van der Waals surface area contributed by atoms with Crippen molar-refractivity contribution >= 4 is 33.0 Å². The molecule has 0 radical (unpaired) electrons. The Morgan fingerprint density at radius 3 is 2.19 bits per heavy atom. The Bertz CT molecular complexity index is 1270. The monoisotopic (exact) mass is 497 g/mol. The molecule has 6 nitrogen and oxygen atoms in total. The number of amides is 1. The molecule has 0 bridgehead atoms. The number of hydrogen-bond acceptors (Lipinski definition) is 4. The number of nitrogens with zero attached hydrogens (tertiary/aromatic N) is 2. The van der Waals surface area contributed by atoms with Crippen LogP contribution in [-0.2, 0) is 16.0 Å². The Morgan fingerprint density at radius 1 is 1.00 bits per heavy atom. The Labute approximate surface area is 181 Å².